The Balaban J connectivity index is 1.99. The number of hydrogen-bond donors (Lipinski definition) is 1. The Morgan fingerprint density at radius 3 is 2.62 bits per heavy atom. The van der Waals surface area contributed by atoms with E-state index in [4.69, 9.17) is 0 Å². The molecule has 0 unspecified atom stereocenters. The zero-order chi connectivity index (χ0) is 14.9. The fourth-order valence-electron chi connectivity index (χ4n) is 2.29. The van der Waals surface area contributed by atoms with Crippen LogP contribution in [0, 0.1) is 0 Å². The molecule has 2 aromatic carbocycles. The molecule has 0 radical (unpaired) electrons. The molecule has 108 valence electrons. The largest absolute Gasteiger partial charge is 0.381 e. The number of nitrogens with zero attached hydrogens (tertiary/aromatic N) is 1. The Morgan fingerprint density at radius 2 is 1.86 bits per heavy atom. The predicted octanol–water partition coefficient (Wildman–Crippen LogP) is 2.95. The molecule has 5 heteroatoms. The number of anilines is 2. The van der Waals surface area contributed by atoms with Gasteiger partial charge in [-0.25, -0.2) is 8.42 Å². The van der Waals surface area contributed by atoms with Crippen LogP contribution in [0.15, 0.2) is 59.5 Å². The van der Waals surface area contributed by atoms with Gasteiger partial charge >= 0.3 is 0 Å². The minimum atomic E-state index is -3.53. The third-order valence-electron chi connectivity index (χ3n) is 3.51. The van der Waals surface area contributed by atoms with Gasteiger partial charge in [0.15, 0.2) is 0 Å². The fraction of sp³-hybridized carbons (Fsp3) is 0.125. The van der Waals surface area contributed by atoms with Gasteiger partial charge in [0, 0.05) is 19.3 Å². The van der Waals surface area contributed by atoms with Gasteiger partial charge in [0.2, 0.25) is 0 Å². The van der Waals surface area contributed by atoms with E-state index < -0.39 is 10.0 Å². The van der Waals surface area contributed by atoms with Gasteiger partial charge in [-0.2, -0.15) is 0 Å². The summed E-state index contributed by atoms with van der Waals surface area (Å²) < 4.78 is 26.5. The molecule has 1 aliphatic heterocycles. The van der Waals surface area contributed by atoms with Crippen molar-refractivity contribution in [3.05, 3.63) is 60.2 Å². The van der Waals surface area contributed by atoms with Crippen molar-refractivity contribution < 1.29 is 8.42 Å². The maximum atomic E-state index is 12.6. The van der Waals surface area contributed by atoms with Gasteiger partial charge in [0.05, 0.1) is 10.6 Å². The summed E-state index contributed by atoms with van der Waals surface area (Å²) in [6.07, 6.45) is 4.01. The Labute approximate surface area is 124 Å². The number of hydrogen-bond acceptors (Lipinski definition) is 3. The van der Waals surface area contributed by atoms with Gasteiger partial charge < -0.3 is 5.32 Å². The second-order valence-electron chi connectivity index (χ2n) is 4.84. The monoisotopic (exact) mass is 300 g/mol. The third-order valence-corrected chi connectivity index (χ3v) is 5.31. The molecular formula is C16H16N2O2S. The van der Waals surface area contributed by atoms with Crippen LogP contribution in [0.25, 0.3) is 6.08 Å². The molecule has 4 nitrogen and oxygen atoms in total. The average Bonchev–Trinajstić information content (AvgIpc) is 2.54. The smallest absolute Gasteiger partial charge is 0.264 e. The molecule has 0 atom stereocenters. The van der Waals surface area contributed by atoms with Gasteiger partial charge in [0.25, 0.3) is 10.0 Å². The van der Waals surface area contributed by atoms with Crippen molar-refractivity contribution in [1.29, 1.82) is 0 Å². The summed E-state index contributed by atoms with van der Waals surface area (Å²) in [6.45, 7) is 0.796. The first kappa shape index (κ1) is 13.7. The number of rotatable bonds is 3. The molecule has 0 spiro atoms. The molecule has 0 amide bonds. The molecule has 0 aromatic heterocycles. The quantitative estimate of drug-likeness (QED) is 0.948. The summed E-state index contributed by atoms with van der Waals surface area (Å²) in [6, 6.07) is 14.0. The number of sulfonamides is 1. The van der Waals surface area contributed by atoms with Crippen LogP contribution in [0.4, 0.5) is 11.4 Å². The Bertz CT molecular complexity index is 783. The topological polar surface area (TPSA) is 49.4 Å². The summed E-state index contributed by atoms with van der Waals surface area (Å²) in [5, 5.41) is 3.24. The minimum absolute atomic E-state index is 0.291. The van der Waals surface area contributed by atoms with Crippen LogP contribution in [0.2, 0.25) is 0 Å². The highest BCUT2D eigenvalue weighted by Gasteiger charge is 2.21. The van der Waals surface area contributed by atoms with Crippen LogP contribution in [0.1, 0.15) is 5.56 Å². The van der Waals surface area contributed by atoms with Crippen LogP contribution in [0.3, 0.4) is 0 Å². The van der Waals surface area contributed by atoms with Crippen LogP contribution in [0.5, 0.6) is 0 Å². The molecule has 0 aliphatic carbocycles. The van der Waals surface area contributed by atoms with Gasteiger partial charge in [-0.3, -0.25) is 4.31 Å². The van der Waals surface area contributed by atoms with Gasteiger partial charge in [-0.05, 0) is 35.9 Å². The molecule has 1 aliphatic rings. The maximum Gasteiger partial charge on any atom is 0.264 e. The first-order chi connectivity index (χ1) is 10.1. The normalized spacial score (nSPS) is 13.4. The van der Waals surface area contributed by atoms with E-state index in [1.807, 2.05) is 30.4 Å². The zero-order valence-corrected chi connectivity index (χ0v) is 12.5. The van der Waals surface area contributed by atoms with Crippen molar-refractivity contribution in [2.24, 2.45) is 0 Å². The number of benzene rings is 2. The lowest BCUT2D eigenvalue weighted by molar-refractivity contribution is 0.594. The van der Waals surface area contributed by atoms with Crippen molar-refractivity contribution >= 4 is 27.5 Å². The zero-order valence-electron chi connectivity index (χ0n) is 11.7. The molecule has 21 heavy (non-hydrogen) atoms. The van der Waals surface area contributed by atoms with E-state index in [-0.39, 0.29) is 0 Å². The minimum Gasteiger partial charge on any atom is -0.381 e. The molecule has 3 rings (SSSR count). The molecule has 2 aromatic rings. The van der Waals surface area contributed by atoms with E-state index in [0.29, 0.717) is 10.6 Å². The molecule has 0 saturated carbocycles. The first-order valence-electron chi connectivity index (χ1n) is 6.67. The number of nitrogens with one attached hydrogen (secondary N) is 1. The Kier molecular flexibility index (Phi) is 3.43. The molecule has 1 N–H and O–H groups in total. The lowest BCUT2D eigenvalue weighted by Gasteiger charge is -2.22. The summed E-state index contributed by atoms with van der Waals surface area (Å²) >= 11 is 0. The first-order valence-corrected chi connectivity index (χ1v) is 8.11. The van der Waals surface area contributed by atoms with Gasteiger partial charge in [0.1, 0.15) is 0 Å². The summed E-state index contributed by atoms with van der Waals surface area (Å²) in [4.78, 5) is 0.291. The van der Waals surface area contributed by atoms with Crippen molar-refractivity contribution in [2.45, 2.75) is 4.90 Å². The van der Waals surface area contributed by atoms with Crippen molar-refractivity contribution in [1.82, 2.24) is 0 Å². The highest BCUT2D eigenvalue weighted by molar-refractivity contribution is 7.92. The van der Waals surface area contributed by atoms with E-state index in [1.165, 1.54) is 4.31 Å². The van der Waals surface area contributed by atoms with Crippen LogP contribution in [-0.4, -0.2) is 22.0 Å². The SMILES string of the molecule is CN(c1ccc2c(c1)C=CCN2)S(=O)(=O)c1ccccc1. The van der Waals surface area contributed by atoms with Crippen LogP contribution in [-0.2, 0) is 10.0 Å². The molecule has 1 heterocycles. The van der Waals surface area contributed by atoms with E-state index in [2.05, 4.69) is 5.32 Å². The molecular weight excluding hydrogens is 284 g/mol. The summed E-state index contributed by atoms with van der Waals surface area (Å²) in [5.41, 5.74) is 2.66. The van der Waals surface area contributed by atoms with Crippen LogP contribution < -0.4 is 9.62 Å². The van der Waals surface area contributed by atoms with Crippen molar-refractivity contribution in [3.63, 3.8) is 0 Å². The highest BCUT2D eigenvalue weighted by Crippen LogP contribution is 2.28. The number of fused-ring (bicyclic) bond motifs is 1. The molecule has 0 saturated heterocycles. The third kappa shape index (κ3) is 2.52. The van der Waals surface area contributed by atoms with Gasteiger partial charge in [-0.1, -0.05) is 30.4 Å². The lowest BCUT2D eigenvalue weighted by atomic mass is 10.1. The Hall–Kier alpha value is -2.27. The standard InChI is InChI=1S/C16H16N2O2S/c1-18(21(19,20)15-7-3-2-4-8-15)14-9-10-16-13(12-14)6-5-11-17-16/h2-10,12,17H,11H2,1H3. The fourth-order valence-corrected chi connectivity index (χ4v) is 3.50. The molecule has 0 fully saturated rings. The summed E-state index contributed by atoms with van der Waals surface area (Å²) in [5.74, 6) is 0. The second kappa shape index (κ2) is 5.26. The summed E-state index contributed by atoms with van der Waals surface area (Å²) in [7, 11) is -1.96. The van der Waals surface area contributed by atoms with E-state index >= 15 is 0 Å². The lowest BCUT2D eigenvalue weighted by Crippen LogP contribution is -2.26. The highest BCUT2D eigenvalue weighted by atomic mass is 32.2. The van der Waals surface area contributed by atoms with E-state index in [9.17, 15) is 8.42 Å². The average molecular weight is 300 g/mol. The van der Waals surface area contributed by atoms with E-state index in [1.54, 1.807) is 37.4 Å². The molecule has 0 bridgehead atoms. The van der Waals surface area contributed by atoms with Crippen LogP contribution >= 0.6 is 0 Å². The predicted molar refractivity (Wildman–Crippen MR) is 86.0 cm³/mol. The maximum absolute atomic E-state index is 12.6. The van der Waals surface area contributed by atoms with Gasteiger partial charge in [-0.15, -0.1) is 0 Å². The van der Waals surface area contributed by atoms with Crippen molar-refractivity contribution in [2.75, 3.05) is 23.2 Å². The van der Waals surface area contributed by atoms with E-state index in [0.717, 1.165) is 17.8 Å². The second-order valence-corrected chi connectivity index (χ2v) is 6.81. The van der Waals surface area contributed by atoms with Crippen molar-refractivity contribution in [3.8, 4) is 0 Å². The Morgan fingerprint density at radius 1 is 1.10 bits per heavy atom.